The summed E-state index contributed by atoms with van der Waals surface area (Å²) in [6.45, 7) is 10.0. The Labute approximate surface area is 250 Å². The lowest BCUT2D eigenvalue weighted by Gasteiger charge is -2.39. The van der Waals surface area contributed by atoms with Crippen molar-refractivity contribution in [3.8, 4) is 11.4 Å². The van der Waals surface area contributed by atoms with E-state index in [0.29, 0.717) is 23.3 Å². The summed E-state index contributed by atoms with van der Waals surface area (Å²) in [5, 5.41) is 16.4. The average Bonchev–Trinajstić information content (AvgIpc) is 3.77. The number of piperidine rings is 1. The monoisotopic (exact) mass is 586 g/mol. The van der Waals surface area contributed by atoms with Gasteiger partial charge in [0.25, 0.3) is 0 Å². The first-order valence-electron chi connectivity index (χ1n) is 14.8. The van der Waals surface area contributed by atoms with Crippen molar-refractivity contribution >= 4 is 29.8 Å². The molecule has 0 aliphatic carbocycles. The van der Waals surface area contributed by atoms with Gasteiger partial charge in [-0.1, -0.05) is 11.2 Å². The highest BCUT2D eigenvalue weighted by Gasteiger charge is 2.33. The predicted molar refractivity (Wildman–Crippen MR) is 162 cm³/mol. The number of hydroxylamine groups is 2. The molecule has 43 heavy (non-hydrogen) atoms. The number of pyridine rings is 1. The molecule has 13 heteroatoms. The van der Waals surface area contributed by atoms with Crippen molar-refractivity contribution in [3.05, 3.63) is 54.0 Å². The van der Waals surface area contributed by atoms with Gasteiger partial charge in [-0.25, -0.2) is 5.06 Å². The smallest absolute Gasteiger partial charge is 0.233 e. The van der Waals surface area contributed by atoms with Gasteiger partial charge in [0.1, 0.15) is 17.3 Å². The fourth-order valence-corrected chi connectivity index (χ4v) is 5.62. The zero-order chi connectivity index (χ0) is 30.0. The molecular formula is C30H38N10O3. The van der Waals surface area contributed by atoms with E-state index < -0.39 is 5.60 Å². The van der Waals surface area contributed by atoms with Crippen LogP contribution in [-0.4, -0.2) is 73.1 Å². The van der Waals surface area contributed by atoms with E-state index in [1.54, 1.807) is 6.20 Å². The van der Waals surface area contributed by atoms with Gasteiger partial charge in [0.2, 0.25) is 12.4 Å². The van der Waals surface area contributed by atoms with E-state index in [0.717, 1.165) is 74.7 Å². The molecule has 13 nitrogen and oxygen atoms in total. The van der Waals surface area contributed by atoms with Crippen LogP contribution in [0.15, 0.2) is 47.1 Å². The Hall–Kier alpha value is -4.52. The van der Waals surface area contributed by atoms with Gasteiger partial charge in [-0.3, -0.25) is 19.7 Å². The third-order valence-corrected chi connectivity index (χ3v) is 7.59. The minimum atomic E-state index is -0.445. The number of carbonyl (C=O) groups is 1. The number of anilines is 4. The Bertz CT molecular complexity index is 1520. The van der Waals surface area contributed by atoms with Crippen LogP contribution in [0.4, 0.5) is 23.4 Å². The first-order chi connectivity index (χ1) is 20.8. The molecule has 2 fully saturated rings. The molecule has 1 unspecified atom stereocenters. The molecule has 2 saturated heterocycles. The van der Waals surface area contributed by atoms with E-state index in [1.165, 1.54) is 5.06 Å². The lowest BCUT2D eigenvalue weighted by molar-refractivity contribution is -0.234. The maximum absolute atomic E-state index is 11.8. The summed E-state index contributed by atoms with van der Waals surface area (Å²) >= 11 is 0. The van der Waals surface area contributed by atoms with Crippen LogP contribution in [0.5, 0.6) is 0 Å². The molecule has 1 amide bonds. The number of aryl methyl sites for hydroxylation is 1. The van der Waals surface area contributed by atoms with Crippen LogP contribution in [0.3, 0.4) is 0 Å². The number of carbonyl (C=O) groups excluding carboxylic acids is 1. The van der Waals surface area contributed by atoms with E-state index in [4.69, 9.17) is 19.3 Å². The third-order valence-electron chi connectivity index (χ3n) is 7.59. The molecule has 2 aliphatic rings. The molecule has 4 aromatic rings. The van der Waals surface area contributed by atoms with Gasteiger partial charge in [0.05, 0.1) is 23.4 Å². The van der Waals surface area contributed by atoms with E-state index in [9.17, 15) is 4.79 Å². The molecule has 0 bridgehead atoms. The summed E-state index contributed by atoms with van der Waals surface area (Å²) in [7, 11) is 0. The second-order valence-corrected chi connectivity index (χ2v) is 12.0. The van der Waals surface area contributed by atoms with Crippen molar-refractivity contribution in [1.82, 2.24) is 35.4 Å². The van der Waals surface area contributed by atoms with Crippen molar-refractivity contribution in [3.63, 3.8) is 0 Å². The molecule has 2 N–H and O–H groups in total. The van der Waals surface area contributed by atoms with Crippen LogP contribution >= 0.6 is 0 Å². The summed E-state index contributed by atoms with van der Waals surface area (Å²) in [5.74, 6) is 3.51. The van der Waals surface area contributed by atoms with Crippen LogP contribution in [0.25, 0.3) is 11.4 Å². The maximum Gasteiger partial charge on any atom is 0.233 e. The summed E-state index contributed by atoms with van der Waals surface area (Å²) in [6, 6.07) is 11.5. The quantitative estimate of drug-likeness (QED) is 0.206. The van der Waals surface area contributed by atoms with E-state index >= 15 is 0 Å². The first-order valence-corrected chi connectivity index (χ1v) is 14.8. The van der Waals surface area contributed by atoms with Crippen molar-refractivity contribution in [1.29, 1.82) is 0 Å². The average molecular weight is 587 g/mol. The largest absolute Gasteiger partial charge is 0.358 e. The standard InChI is InChI=1S/C30H38N10O3/c1-20-16-27(36-35-20)32-26-18-28(38-14-10-21(11-15-38)40(19-41)43-30(2,3)4)34-29(33-26)39-13-7-9-24(39)25-17-23(37-42-25)22-8-5-6-12-31-22/h5-6,8,12,16-19,21,24H,7,9-11,13-15H2,1-4H3,(H2,32,33,34,35,36). The lowest BCUT2D eigenvalue weighted by atomic mass is 10.0. The summed E-state index contributed by atoms with van der Waals surface area (Å²) in [4.78, 5) is 36.5. The fourth-order valence-electron chi connectivity index (χ4n) is 5.62. The van der Waals surface area contributed by atoms with Gasteiger partial charge in [-0.15, -0.1) is 0 Å². The Morgan fingerprint density at radius 2 is 1.91 bits per heavy atom. The number of hydrogen-bond acceptors (Lipinski definition) is 11. The Balaban J connectivity index is 1.26. The molecule has 0 aromatic carbocycles. The fraction of sp³-hybridized carbons (Fsp3) is 0.467. The molecule has 226 valence electrons. The maximum atomic E-state index is 11.8. The summed E-state index contributed by atoms with van der Waals surface area (Å²) in [5.41, 5.74) is 1.98. The third kappa shape index (κ3) is 6.61. The van der Waals surface area contributed by atoms with Gasteiger partial charge in [-0.2, -0.15) is 15.1 Å². The molecule has 0 spiro atoms. The van der Waals surface area contributed by atoms with Gasteiger partial charge in [0.15, 0.2) is 11.6 Å². The van der Waals surface area contributed by atoms with Gasteiger partial charge < -0.3 is 19.6 Å². The zero-order valence-corrected chi connectivity index (χ0v) is 25.0. The first kappa shape index (κ1) is 28.6. The van der Waals surface area contributed by atoms with Crippen LogP contribution in [0, 0.1) is 6.92 Å². The molecule has 1 atom stereocenters. The zero-order valence-electron chi connectivity index (χ0n) is 25.0. The number of nitrogens with one attached hydrogen (secondary N) is 2. The number of aromatic amines is 1. The molecule has 0 radical (unpaired) electrons. The van der Waals surface area contributed by atoms with Gasteiger partial charge >= 0.3 is 0 Å². The van der Waals surface area contributed by atoms with Crippen LogP contribution < -0.4 is 15.1 Å². The SMILES string of the molecule is Cc1cc(Nc2cc(N3CCC(N(C=O)OC(C)(C)C)CC3)nc(N3CCCC3c3cc(-c4ccccn4)no3)n2)n[nH]1. The lowest BCUT2D eigenvalue weighted by Crippen LogP contribution is -2.47. The van der Waals surface area contributed by atoms with Crippen molar-refractivity contribution < 1.29 is 14.2 Å². The molecule has 2 aliphatic heterocycles. The number of rotatable bonds is 9. The summed E-state index contributed by atoms with van der Waals surface area (Å²) < 4.78 is 5.84. The van der Waals surface area contributed by atoms with Crippen molar-refractivity contribution in [2.45, 2.75) is 71.1 Å². The molecular weight excluding hydrogens is 548 g/mol. The van der Waals surface area contributed by atoms with Crippen molar-refractivity contribution in [2.75, 3.05) is 34.8 Å². The summed E-state index contributed by atoms with van der Waals surface area (Å²) in [6.07, 6.45) is 5.93. The predicted octanol–water partition coefficient (Wildman–Crippen LogP) is 4.80. The van der Waals surface area contributed by atoms with E-state index in [2.05, 4.69) is 35.5 Å². The van der Waals surface area contributed by atoms with Crippen LogP contribution in [0.2, 0.25) is 0 Å². The topological polar surface area (TPSA) is 141 Å². The highest BCUT2D eigenvalue weighted by Crippen LogP contribution is 2.37. The number of amides is 1. The highest BCUT2D eigenvalue weighted by molar-refractivity contribution is 5.61. The molecule has 6 heterocycles. The van der Waals surface area contributed by atoms with Crippen LogP contribution in [-0.2, 0) is 9.63 Å². The Morgan fingerprint density at radius 1 is 1.07 bits per heavy atom. The highest BCUT2D eigenvalue weighted by atomic mass is 16.7. The minimum Gasteiger partial charge on any atom is -0.358 e. The minimum absolute atomic E-state index is 0.00150. The molecule has 4 aromatic heterocycles. The second kappa shape index (κ2) is 12.0. The number of H-pyrrole nitrogens is 1. The van der Waals surface area contributed by atoms with Crippen molar-refractivity contribution in [2.24, 2.45) is 0 Å². The van der Waals surface area contributed by atoms with Crippen LogP contribution in [0.1, 0.15) is 64.0 Å². The molecule has 6 rings (SSSR count). The van der Waals surface area contributed by atoms with E-state index in [1.807, 2.05) is 64.1 Å². The molecule has 0 saturated carbocycles. The number of nitrogens with zero attached hydrogens (tertiary/aromatic N) is 8. The second-order valence-electron chi connectivity index (χ2n) is 12.0. The normalized spacial score (nSPS) is 17.8. The van der Waals surface area contributed by atoms with E-state index in [-0.39, 0.29) is 12.1 Å². The Kier molecular flexibility index (Phi) is 7.98. The van der Waals surface area contributed by atoms with Gasteiger partial charge in [-0.05, 0) is 65.5 Å². The van der Waals surface area contributed by atoms with Gasteiger partial charge in [0, 0.05) is 49.7 Å². The number of hydrogen-bond donors (Lipinski definition) is 2. The number of aromatic nitrogens is 6. The Morgan fingerprint density at radius 3 is 2.60 bits per heavy atom.